The van der Waals surface area contributed by atoms with Crippen molar-refractivity contribution >= 4 is 16.9 Å². The van der Waals surface area contributed by atoms with Crippen molar-refractivity contribution in [2.24, 2.45) is 0 Å². The lowest BCUT2D eigenvalue weighted by Crippen LogP contribution is -2.21. The first kappa shape index (κ1) is 12.3. The molecule has 0 N–H and O–H groups in total. The molecule has 1 unspecified atom stereocenters. The smallest absolute Gasteiger partial charge is 0.337 e. The van der Waals surface area contributed by atoms with Gasteiger partial charge in [-0.25, -0.2) is 4.79 Å². The minimum Gasteiger partial charge on any atom is -0.467 e. The summed E-state index contributed by atoms with van der Waals surface area (Å²) in [4.78, 5) is 26.4. The number of rotatable bonds is 3. The van der Waals surface area contributed by atoms with Crippen LogP contribution in [-0.2, 0) is 4.79 Å². The fraction of sp³-hybridized carbons (Fsp3) is 0.308. The molecule has 2 rings (SSSR count). The Labute approximate surface area is 103 Å². The summed E-state index contributed by atoms with van der Waals surface area (Å²) in [6, 6.07) is 4.81. The number of pyridine rings is 1. The highest BCUT2D eigenvalue weighted by atomic mass is 16.5. The average Bonchev–Trinajstić information content (AvgIpc) is 2.27. The van der Waals surface area contributed by atoms with Gasteiger partial charge in [0.2, 0.25) is 11.6 Å². The van der Waals surface area contributed by atoms with E-state index in [2.05, 4.69) is 4.98 Å². The Hall–Kier alpha value is -2.17. The molecule has 18 heavy (non-hydrogen) atoms. The van der Waals surface area contributed by atoms with Gasteiger partial charge in [0.05, 0.1) is 0 Å². The zero-order valence-electron chi connectivity index (χ0n) is 10.4. The second kappa shape index (κ2) is 4.60. The highest BCUT2D eigenvalue weighted by Crippen LogP contribution is 2.18. The molecule has 0 spiro atoms. The van der Waals surface area contributed by atoms with Gasteiger partial charge in [0, 0.05) is 17.5 Å². The number of hydrogen-bond donors (Lipinski definition) is 0. The molecule has 5 nitrogen and oxygen atoms in total. The fourth-order valence-corrected chi connectivity index (χ4v) is 1.51. The molecule has 1 atom stereocenters. The van der Waals surface area contributed by atoms with Gasteiger partial charge in [0.1, 0.15) is 0 Å². The van der Waals surface area contributed by atoms with Crippen LogP contribution in [0.1, 0.15) is 19.4 Å². The van der Waals surface area contributed by atoms with E-state index >= 15 is 0 Å². The van der Waals surface area contributed by atoms with Crippen molar-refractivity contribution in [3.63, 3.8) is 0 Å². The predicted octanol–water partition coefficient (Wildman–Crippen LogP) is 1.85. The second-order valence-electron chi connectivity index (χ2n) is 4.12. The number of ether oxygens (including phenoxy) is 1. The Balaban J connectivity index is 2.44. The van der Waals surface area contributed by atoms with Crippen molar-refractivity contribution in [3.8, 4) is 5.88 Å². The maximum absolute atomic E-state index is 11.2. The third-order valence-corrected chi connectivity index (χ3v) is 2.66. The summed E-state index contributed by atoms with van der Waals surface area (Å²) in [5, 5.41) is 0.748. The fourth-order valence-electron chi connectivity index (χ4n) is 1.51. The molecule has 0 bridgehead atoms. The van der Waals surface area contributed by atoms with Crippen LogP contribution in [0, 0.1) is 6.92 Å². The number of fused-ring (bicyclic) bond motifs is 1. The number of ketones is 1. The van der Waals surface area contributed by atoms with Crippen LogP contribution in [0.2, 0.25) is 0 Å². The molecule has 2 aromatic heterocycles. The third kappa shape index (κ3) is 2.40. The molecule has 0 saturated heterocycles. The van der Waals surface area contributed by atoms with E-state index in [0.717, 1.165) is 10.9 Å². The van der Waals surface area contributed by atoms with Gasteiger partial charge in [-0.15, -0.1) is 0 Å². The maximum Gasteiger partial charge on any atom is 0.337 e. The van der Waals surface area contributed by atoms with Crippen LogP contribution in [0.15, 0.2) is 27.4 Å². The quantitative estimate of drug-likeness (QED) is 0.827. The number of carbonyl (C=O) groups excluding carboxylic acids is 1. The topological polar surface area (TPSA) is 69.4 Å². The van der Waals surface area contributed by atoms with E-state index in [4.69, 9.17) is 9.15 Å². The third-order valence-electron chi connectivity index (χ3n) is 2.66. The Morgan fingerprint density at radius 2 is 2.17 bits per heavy atom. The summed E-state index contributed by atoms with van der Waals surface area (Å²) >= 11 is 0. The lowest BCUT2D eigenvalue weighted by molar-refractivity contribution is -0.123. The van der Waals surface area contributed by atoms with Crippen LogP contribution in [0.5, 0.6) is 5.88 Å². The van der Waals surface area contributed by atoms with E-state index < -0.39 is 11.7 Å². The highest BCUT2D eigenvalue weighted by Gasteiger charge is 2.11. The summed E-state index contributed by atoms with van der Waals surface area (Å²) < 4.78 is 10.3. The van der Waals surface area contributed by atoms with Crippen molar-refractivity contribution in [3.05, 3.63) is 34.2 Å². The van der Waals surface area contributed by atoms with Gasteiger partial charge in [-0.05, 0) is 32.4 Å². The Morgan fingerprint density at radius 1 is 1.44 bits per heavy atom. The lowest BCUT2D eigenvalue weighted by atomic mass is 10.2. The maximum atomic E-state index is 11.2. The van der Waals surface area contributed by atoms with E-state index in [-0.39, 0.29) is 17.4 Å². The Bertz CT molecular complexity index is 660. The standard InChI is InChI=1S/C13H13NO4/c1-7-6-12(16)18-13-10(7)4-5-11(14-13)17-9(3)8(2)15/h4-6,9H,1-3H3. The molecule has 0 aliphatic rings. The molecule has 0 radical (unpaired) electrons. The van der Waals surface area contributed by atoms with Crippen LogP contribution in [0.25, 0.3) is 11.1 Å². The monoisotopic (exact) mass is 247 g/mol. The minimum atomic E-state index is -0.577. The van der Waals surface area contributed by atoms with E-state index in [0.29, 0.717) is 0 Å². The summed E-state index contributed by atoms with van der Waals surface area (Å²) in [5.74, 6) is 0.168. The van der Waals surface area contributed by atoms with Gasteiger partial charge < -0.3 is 9.15 Å². The zero-order chi connectivity index (χ0) is 13.3. The summed E-state index contributed by atoms with van der Waals surface area (Å²) in [5.41, 5.74) is 0.553. The van der Waals surface area contributed by atoms with E-state index in [1.807, 2.05) is 0 Å². The van der Waals surface area contributed by atoms with Crippen LogP contribution >= 0.6 is 0 Å². The molecule has 5 heteroatoms. The van der Waals surface area contributed by atoms with E-state index in [1.165, 1.54) is 13.0 Å². The molecular formula is C13H13NO4. The van der Waals surface area contributed by atoms with Crippen molar-refractivity contribution in [1.82, 2.24) is 4.98 Å². The molecule has 2 heterocycles. The highest BCUT2D eigenvalue weighted by molar-refractivity contribution is 5.80. The van der Waals surface area contributed by atoms with Gasteiger partial charge >= 0.3 is 5.63 Å². The van der Waals surface area contributed by atoms with Gasteiger partial charge in [0.15, 0.2) is 11.9 Å². The summed E-state index contributed by atoms with van der Waals surface area (Å²) in [6.45, 7) is 4.89. The minimum absolute atomic E-state index is 0.0948. The first-order valence-corrected chi connectivity index (χ1v) is 5.56. The predicted molar refractivity (Wildman–Crippen MR) is 65.8 cm³/mol. The molecule has 0 fully saturated rings. The number of carbonyl (C=O) groups is 1. The van der Waals surface area contributed by atoms with Crippen LogP contribution in [0.4, 0.5) is 0 Å². The van der Waals surface area contributed by atoms with Crippen LogP contribution < -0.4 is 10.4 Å². The number of hydrogen-bond acceptors (Lipinski definition) is 5. The van der Waals surface area contributed by atoms with Crippen molar-refractivity contribution < 1.29 is 13.9 Å². The second-order valence-corrected chi connectivity index (χ2v) is 4.12. The largest absolute Gasteiger partial charge is 0.467 e. The molecule has 0 aromatic carbocycles. The number of Topliss-reactive ketones (excluding diaryl/α,β-unsaturated/α-hetero) is 1. The molecule has 2 aromatic rings. The van der Waals surface area contributed by atoms with Crippen molar-refractivity contribution in [2.75, 3.05) is 0 Å². The van der Waals surface area contributed by atoms with Gasteiger partial charge in [-0.2, -0.15) is 4.98 Å². The number of aromatic nitrogens is 1. The van der Waals surface area contributed by atoms with E-state index in [9.17, 15) is 9.59 Å². The molecule has 0 aliphatic carbocycles. The summed E-state index contributed by atoms with van der Waals surface area (Å²) in [6.07, 6.45) is -0.577. The number of nitrogens with zero attached hydrogens (tertiary/aromatic N) is 1. The molecular weight excluding hydrogens is 234 g/mol. The number of aryl methyl sites for hydroxylation is 1. The zero-order valence-corrected chi connectivity index (χ0v) is 10.4. The molecule has 0 amide bonds. The van der Waals surface area contributed by atoms with Crippen LogP contribution in [-0.4, -0.2) is 16.9 Å². The normalized spacial score (nSPS) is 12.4. The van der Waals surface area contributed by atoms with E-state index in [1.54, 1.807) is 26.0 Å². The summed E-state index contributed by atoms with van der Waals surface area (Å²) in [7, 11) is 0. The van der Waals surface area contributed by atoms with Gasteiger partial charge in [-0.3, -0.25) is 4.79 Å². The van der Waals surface area contributed by atoms with Crippen molar-refractivity contribution in [1.29, 1.82) is 0 Å². The first-order valence-electron chi connectivity index (χ1n) is 5.56. The molecule has 0 aliphatic heterocycles. The van der Waals surface area contributed by atoms with Gasteiger partial charge in [0.25, 0.3) is 0 Å². The average molecular weight is 247 g/mol. The SMILES string of the molecule is CC(=O)C(C)Oc1ccc2c(C)cc(=O)oc2n1. The van der Waals surface area contributed by atoms with Crippen molar-refractivity contribution in [2.45, 2.75) is 26.9 Å². The molecule has 0 saturated carbocycles. The van der Waals surface area contributed by atoms with Gasteiger partial charge in [-0.1, -0.05) is 0 Å². The Kier molecular flexibility index (Phi) is 3.14. The lowest BCUT2D eigenvalue weighted by Gasteiger charge is -2.10. The Morgan fingerprint density at radius 3 is 2.83 bits per heavy atom. The molecule has 94 valence electrons. The van der Waals surface area contributed by atoms with Crippen LogP contribution in [0.3, 0.4) is 0 Å². The first-order chi connectivity index (χ1) is 8.47.